The molecule has 0 unspecified atom stereocenters. The molecule has 0 spiro atoms. The molecule has 1 amide bonds. The van der Waals surface area contributed by atoms with Gasteiger partial charge >= 0.3 is 0 Å². The molecule has 0 aliphatic heterocycles. The summed E-state index contributed by atoms with van der Waals surface area (Å²) in [6.07, 6.45) is 0. The van der Waals surface area contributed by atoms with Crippen LogP contribution in [0.1, 0.15) is 41.2 Å². The van der Waals surface area contributed by atoms with Crippen LogP contribution in [0, 0.1) is 13.8 Å². The van der Waals surface area contributed by atoms with Gasteiger partial charge < -0.3 is 5.32 Å². The molecular formula is C18H21N5OS. The Balaban J connectivity index is 1.80. The molecule has 0 saturated heterocycles. The molecule has 1 N–H and O–H groups in total. The third kappa shape index (κ3) is 3.99. The second-order valence-electron chi connectivity index (χ2n) is 6.22. The molecule has 0 bridgehead atoms. The van der Waals surface area contributed by atoms with Gasteiger partial charge in [0, 0.05) is 28.7 Å². The highest BCUT2D eigenvalue weighted by atomic mass is 32.2. The minimum absolute atomic E-state index is 0.0534. The van der Waals surface area contributed by atoms with E-state index in [0.29, 0.717) is 22.3 Å². The number of aryl methyl sites for hydroxylation is 2. The van der Waals surface area contributed by atoms with Crippen LogP contribution >= 0.6 is 11.8 Å². The summed E-state index contributed by atoms with van der Waals surface area (Å²) in [7, 11) is 0. The van der Waals surface area contributed by atoms with Gasteiger partial charge in [0.05, 0.1) is 0 Å². The molecule has 0 aliphatic rings. The zero-order valence-corrected chi connectivity index (χ0v) is 15.6. The van der Waals surface area contributed by atoms with E-state index in [1.165, 1.54) is 11.8 Å². The van der Waals surface area contributed by atoms with Gasteiger partial charge in [-0.2, -0.15) is 4.98 Å². The summed E-state index contributed by atoms with van der Waals surface area (Å²) in [5, 5.41) is 8.09. The second-order valence-corrected chi connectivity index (χ2v) is 7.16. The molecule has 3 rings (SSSR count). The number of hydrogen-bond donors (Lipinski definition) is 1. The van der Waals surface area contributed by atoms with Gasteiger partial charge in [-0.3, -0.25) is 4.79 Å². The summed E-state index contributed by atoms with van der Waals surface area (Å²) in [6.45, 7) is 7.83. The van der Waals surface area contributed by atoms with E-state index in [9.17, 15) is 4.79 Å². The predicted octanol–water partition coefficient (Wildman–Crippen LogP) is 3.17. The van der Waals surface area contributed by atoms with Gasteiger partial charge in [0.1, 0.15) is 0 Å². The van der Waals surface area contributed by atoms with Crippen molar-refractivity contribution in [3.63, 3.8) is 0 Å². The second kappa shape index (κ2) is 7.23. The summed E-state index contributed by atoms with van der Waals surface area (Å²) in [5.74, 6) is 1.17. The number of carbonyl (C=O) groups is 1. The Morgan fingerprint density at radius 2 is 2.00 bits per heavy atom. The van der Waals surface area contributed by atoms with E-state index >= 15 is 0 Å². The molecule has 0 aliphatic carbocycles. The number of benzene rings is 1. The van der Waals surface area contributed by atoms with E-state index in [1.54, 1.807) is 4.52 Å². The zero-order chi connectivity index (χ0) is 18.0. The van der Waals surface area contributed by atoms with Crippen molar-refractivity contribution >= 4 is 23.4 Å². The van der Waals surface area contributed by atoms with Crippen molar-refractivity contribution in [2.75, 3.05) is 0 Å². The molecule has 25 heavy (non-hydrogen) atoms. The van der Waals surface area contributed by atoms with Gasteiger partial charge in [0.2, 0.25) is 5.16 Å². The first-order valence-corrected chi connectivity index (χ1v) is 9.15. The zero-order valence-electron chi connectivity index (χ0n) is 14.8. The van der Waals surface area contributed by atoms with Crippen molar-refractivity contribution in [2.24, 2.45) is 0 Å². The molecule has 2 aromatic heterocycles. The Bertz CT molecular complexity index is 919. The maximum atomic E-state index is 12.3. The van der Waals surface area contributed by atoms with Gasteiger partial charge in [-0.05, 0) is 45.4 Å². The number of fused-ring (bicyclic) bond motifs is 1. The number of nitrogens with one attached hydrogen (secondary N) is 1. The van der Waals surface area contributed by atoms with E-state index in [-0.39, 0.29) is 11.9 Å². The minimum atomic E-state index is -0.0534. The van der Waals surface area contributed by atoms with Crippen LogP contribution in [-0.4, -0.2) is 31.5 Å². The van der Waals surface area contributed by atoms with Crippen molar-refractivity contribution in [3.8, 4) is 0 Å². The lowest BCUT2D eigenvalue weighted by atomic mass is 10.1. The van der Waals surface area contributed by atoms with Gasteiger partial charge in [-0.25, -0.2) is 9.50 Å². The average molecular weight is 355 g/mol. The van der Waals surface area contributed by atoms with E-state index in [0.717, 1.165) is 17.0 Å². The van der Waals surface area contributed by atoms with Gasteiger partial charge in [0.15, 0.2) is 0 Å². The first kappa shape index (κ1) is 17.4. The number of carbonyl (C=O) groups excluding carboxylic acids is 1. The standard InChI is InChI=1S/C18H21N5OS/c1-11(2)19-16(24)15-8-6-5-7-14(15)10-25-18-21-17-20-12(3)9-13(4)23(17)22-18/h5-9,11H,10H2,1-4H3,(H,19,24). The molecule has 7 heteroatoms. The fourth-order valence-corrected chi connectivity index (χ4v) is 3.38. The van der Waals surface area contributed by atoms with Crippen LogP contribution in [0.4, 0.5) is 0 Å². The first-order chi connectivity index (χ1) is 11.9. The maximum absolute atomic E-state index is 12.3. The molecule has 0 saturated carbocycles. The summed E-state index contributed by atoms with van der Waals surface area (Å²) in [5.41, 5.74) is 3.58. The monoisotopic (exact) mass is 355 g/mol. The molecule has 1 aromatic carbocycles. The van der Waals surface area contributed by atoms with Crippen LogP contribution < -0.4 is 5.32 Å². The lowest BCUT2D eigenvalue weighted by Crippen LogP contribution is -2.30. The van der Waals surface area contributed by atoms with Crippen LogP contribution in [0.2, 0.25) is 0 Å². The van der Waals surface area contributed by atoms with Crippen molar-refractivity contribution < 1.29 is 4.79 Å². The highest BCUT2D eigenvalue weighted by Gasteiger charge is 2.14. The normalized spacial score (nSPS) is 11.2. The van der Waals surface area contributed by atoms with Crippen molar-refractivity contribution in [1.82, 2.24) is 24.9 Å². The Hall–Kier alpha value is -2.41. The molecule has 0 radical (unpaired) electrons. The van der Waals surface area contributed by atoms with Crippen LogP contribution in [-0.2, 0) is 5.75 Å². The molecule has 0 atom stereocenters. The number of nitrogens with zero attached hydrogens (tertiary/aromatic N) is 4. The fourth-order valence-electron chi connectivity index (χ4n) is 2.56. The highest BCUT2D eigenvalue weighted by molar-refractivity contribution is 7.98. The molecule has 130 valence electrons. The molecule has 2 heterocycles. The smallest absolute Gasteiger partial charge is 0.253 e. The molecule has 3 aromatic rings. The van der Waals surface area contributed by atoms with E-state index in [4.69, 9.17) is 0 Å². The van der Waals surface area contributed by atoms with Crippen molar-refractivity contribution in [1.29, 1.82) is 0 Å². The number of rotatable bonds is 5. The SMILES string of the molecule is Cc1cc(C)n2nc(SCc3ccccc3C(=O)NC(C)C)nc2n1. The Labute approximate surface area is 151 Å². The fraction of sp³-hybridized carbons (Fsp3) is 0.333. The minimum Gasteiger partial charge on any atom is -0.350 e. The van der Waals surface area contributed by atoms with E-state index < -0.39 is 0 Å². The predicted molar refractivity (Wildman–Crippen MR) is 98.9 cm³/mol. The maximum Gasteiger partial charge on any atom is 0.253 e. The Kier molecular flexibility index (Phi) is 5.03. The Morgan fingerprint density at radius 1 is 1.24 bits per heavy atom. The molecule has 0 fully saturated rings. The number of aromatic nitrogens is 4. The first-order valence-electron chi connectivity index (χ1n) is 8.16. The third-order valence-corrected chi connectivity index (χ3v) is 4.52. The van der Waals surface area contributed by atoms with E-state index in [1.807, 2.05) is 58.0 Å². The van der Waals surface area contributed by atoms with Gasteiger partial charge in [0.25, 0.3) is 11.7 Å². The van der Waals surface area contributed by atoms with Crippen LogP contribution in [0.25, 0.3) is 5.78 Å². The van der Waals surface area contributed by atoms with Gasteiger partial charge in [-0.1, -0.05) is 30.0 Å². The largest absolute Gasteiger partial charge is 0.350 e. The summed E-state index contributed by atoms with van der Waals surface area (Å²) >= 11 is 1.50. The quantitative estimate of drug-likeness (QED) is 0.712. The number of thioether (sulfide) groups is 1. The van der Waals surface area contributed by atoms with Crippen molar-refractivity contribution in [2.45, 2.75) is 44.6 Å². The third-order valence-electron chi connectivity index (χ3n) is 3.64. The number of amides is 1. The lowest BCUT2D eigenvalue weighted by Gasteiger charge is -2.11. The topological polar surface area (TPSA) is 72.2 Å². The molecular weight excluding hydrogens is 334 g/mol. The average Bonchev–Trinajstić information content (AvgIpc) is 2.95. The lowest BCUT2D eigenvalue weighted by molar-refractivity contribution is 0.0942. The van der Waals surface area contributed by atoms with Crippen LogP contribution in [0.5, 0.6) is 0 Å². The van der Waals surface area contributed by atoms with E-state index in [2.05, 4.69) is 20.4 Å². The summed E-state index contributed by atoms with van der Waals surface area (Å²) in [6, 6.07) is 9.70. The van der Waals surface area contributed by atoms with Gasteiger partial charge in [-0.15, -0.1) is 5.10 Å². The van der Waals surface area contributed by atoms with Crippen molar-refractivity contribution in [3.05, 3.63) is 52.8 Å². The highest BCUT2D eigenvalue weighted by Crippen LogP contribution is 2.22. The summed E-state index contributed by atoms with van der Waals surface area (Å²) in [4.78, 5) is 21.2. The van der Waals surface area contributed by atoms with Crippen LogP contribution in [0.3, 0.4) is 0 Å². The molecule has 6 nitrogen and oxygen atoms in total. The Morgan fingerprint density at radius 3 is 2.76 bits per heavy atom. The number of hydrogen-bond acceptors (Lipinski definition) is 5. The summed E-state index contributed by atoms with van der Waals surface area (Å²) < 4.78 is 1.74. The van der Waals surface area contributed by atoms with Crippen LogP contribution in [0.15, 0.2) is 35.5 Å².